The molecule has 0 fully saturated rings. The number of hydrogen-bond acceptors (Lipinski definition) is 3. The van der Waals surface area contributed by atoms with Crippen LogP contribution in [0.25, 0.3) is 0 Å². The van der Waals surface area contributed by atoms with Gasteiger partial charge in [-0.15, -0.1) is 5.10 Å². The minimum absolute atomic E-state index is 0.217. The summed E-state index contributed by atoms with van der Waals surface area (Å²) in [5, 5.41) is 5.94. The number of nitrogens with zero attached hydrogens (tertiary/aromatic N) is 2. The van der Waals surface area contributed by atoms with E-state index in [9.17, 15) is 17.6 Å². The van der Waals surface area contributed by atoms with E-state index in [-0.39, 0.29) is 5.88 Å². The van der Waals surface area contributed by atoms with Crippen LogP contribution in [0.4, 0.5) is 17.6 Å². The molecule has 0 aliphatic rings. The third kappa shape index (κ3) is 2.05. The van der Waals surface area contributed by atoms with Gasteiger partial charge in [-0.05, 0) is 6.92 Å². The molecule has 0 spiro atoms. The smallest absolute Gasteiger partial charge is 0.255 e. The summed E-state index contributed by atoms with van der Waals surface area (Å²) in [4.78, 5) is 2.39. The average molecular weight is 247 g/mol. The number of H-pyrrole nitrogens is 1. The molecule has 17 heavy (non-hydrogen) atoms. The second kappa shape index (κ2) is 4.04. The average Bonchev–Trinajstić information content (AvgIpc) is 2.68. The molecular formula is C9H5F4N3O. The van der Waals surface area contributed by atoms with Crippen LogP contribution >= 0.6 is 0 Å². The van der Waals surface area contributed by atoms with Crippen LogP contribution < -0.4 is 4.74 Å². The van der Waals surface area contributed by atoms with E-state index in [1.165, 1.54) is 6.07 Å². The first-order valence-corrected chi connectivity index (χ1v) is 4.39. The van der Waals surface area contributed by atoms with Crippen molar-refractivity contribution in [3.05, 3.63) is 35.3 Å². The lowest BCUT2D eigenvalue weighted by Crippen LogP contribution is -2.03. The highest BCUT2D eigenvalue weighted by Crippen LogP contribution is 2.28. The second-order valence-corrected chi connectivity index (χ2v) is 3.14. The first-order valence-electron chi connectivity index (χ1n) is 4.39. The van der Waals surface area contributed by atoms with Crippen molar-refractivity contribution in [2.75, 3.05) is 0 Å². The zero-order valence-corrected chi connectivity index (χ0v) is 8.39. The summed E-state index contributed by atoms with van der Waals surface area (Å²) in [6.07, 6.45) is 0. The van der Waals surface area contributed by atoms with Gasteiger partial charge in [-0.3, -0.25) is 5.10 Å². The number of aromatic nitrogens is 3. The molecular weight excluding hydrogens is 242 g/mol. The second-order valence-electron chi connectivity index (χ2n) is 3.14. The van der Waals surface area contributed by atoms with Crippen LogP contribution in [0.15, 0.2) is 6.07 Å². The Morgan fingerprint density at radius 3 is 2.18 bits per heavy atom. The Hall–Kier alpha value is -2.12. The van der Waals surface area contributed by atoms with Gasteiger partial charge in [-0.25, -0.2) is 0 Å². The third-order valence-corrected chi connectivity index (χ3v) is 1.85. The molecule has 0 radical (unpaired) electrons. The van der Waals surface area contributed by atoms with Crippen LogP contribution in [-0.2, 0) is 0 Å². The molecule has 0 bridgehead atoms. The maximum absolute atomic E-state index is 13.1. The van der Waals surface area contributed by atoms with Crippen molar-refractivity contribution in [2.24, 2.45) is 0 Å². The van der Waals surface area contributed by atoms with E-state index < -0.39 is 29.3 Å². The van der Waals surface area contributed by atoms with Crippen molar-refractivity contribution in [2.45, 2.75) is 6.92 Å². The standard InChI is InChI=1S/C9H5F4N3O/c1-3-2-4(16-15-3)17-7-5(10)8(12)14-9(13)6(7)11/h2H,1H3,(H,15,16). The molecule has 90 valence electrons. The number of hydrogen-bond donors (Lipinski definition) is 1. The number of halogens is 4. The lowest BCUT2D eigenvalue weighted by Gasteiger charge is -2.05. The summed E-state index contributed by atoms with van der Waals surface area (Å²) in [5.41, 5.74) is 0.552. The largest absolute Gasteiger partial charge is 0.431 e. The first kappa shape index (κ1) is 11.4. The van der Waals surface area contributed by atoms with E-state index in [1.807, 2.05) is 0 Å². The highest BCUT2D eigenvalue weighted by molar-refractivity contribution is 5.29. The maximum Gasteiger partial charge on any atom is 0.255 e. The monoisotopic (exact) mass is 247 g/mol. The van der Waals surface area contributed by atoms with Crippen LogP contribution in [0.1, 0.15) is 5.69 Å². The molecule has 0 amide bonds. The zero-order chi connectivity index (χ0) is 12.6. The van der Waals surface area contributed by atoms with Gasteiger partial charge in [0.2, 0.25) is 23.3 Å². The summed E-state index contributed by atoms with van der Waals surface area (Å²) in [5.74, 6) is -8.45. The highest BCUT2D eigenvalue weighted by atomic mass is 19.2. The molecule has 8 heteroatoms. The Kier molecular flexibility index (Phi) is 2.70. The van der Waals surface area contributed by atoms with Crippen LogP contribution in [-0.4, -0.2) is 15.2 Å². The Morgan fingerprint density at radius 2 is 1.71 bits per heavy atom. The lowest BCUT2D eigenvalue weighted by molar-refractivity contribution is 0.337. The number of pyridine rings is 1. The lowest BCUT2D eigenvalue weighted by atomic mass is 10.4. The molecule has 2 heterocycles. The molecule has 2 aromatic heterocycles. The zero-order valence-electron chi connectivity index (χ0n) is 8.39. The fourth-order valence-corrected chi connectivity index (χ4v) is 1.11. The van der Waals surface area contributed by atoms with E-state index in [0.717, 1.165) is 0 Å². The Morgan fingerprint density at radius 1 is 1.12 bits per heavy atom. The molecule has 2 rings (SSSR count). The van der Waals surface area contributed by atoms with Gasteiger partial charge < -0.3 is 4.74 Å². The van der Waals surface area contributed by atoms with Crippen molar-refractivity contribution in [3.8, 4) is 11.6 Å². The van der Waals surface area contributed by atoms with E-state index in [2.05, 4.69) is 19.9 Å². The number of rotatable bonds is 2. The van der Waals surface area contributed by atoms with Crippen molar-refractivity contribution in [1.29, 1.82) is 0 Å². The van der Waals surface area contributed by atoms with E-state index in [4.69, 9.17) is 0 Å². The summed E-state index contributed by atoms with van der Waals surface area (Å²) >= 11 is 0. The summed E-state index contributed by atoms with van der Waals surface area (Å²) in [7, 11) is 0. The topological polar surface area (TPSA) is 50.8 Å². The van der Waals surface area contributed by atoms with Crippen molar-refractivity contribution in [1.82, 2.24) is 15.2 Å². The van der Waals surface area contributed by atoms with Crippen LogP contribution in [0.3, 0.4) is 0 Å². The van der Waals surface area contributed by atoms with E-state index in [1.54, 1.807) is 6.92 Å². The molecule has 0 aliphatic heterocycles. The van der Waals surface area contributed by atoms with Gasteiger partial charge in [0.1, 0.15) is 0 Å². The van der Waals surface area contributed by atoms with Crippen molar-refractivity contribution >= 4 is 0 Å². The normalized spacial score (nSPS) is 10.6. The minimum Gasteiger partial charge on any atom is -0.431 e. The van der Waals surface area contributed by atoms with Gasteiger partial charge in [0, 0.05) is 11.8 Å². The van der Waals surface area contributed by atoms with Crippen molar-refractivity contribution < 1.29 is 22.3 Å². The van der Waals surface area contributed by atoms with E-state index in [0.29, 0.717) is 5.69 Å². The maximum atomic E-state index is 13.1. The number of ether oxygens (including phenoxy) is 1. The first-order chi connectivity index (χ1) is 7.99. The number of nitrogens with one attached hydrogen (secondary N) is 1. The molecule has 0 unspecified atom stereocenters. The molecule has 0 saturated carbocycles. The Labute approximate surface area is 92.2 Å². The third-order valence-electron chi connectivity index (χ3n) is 1.85. The van der Waals surface area contributed by atoms with Crippen LogP contribution in [0.5, 0.6) is 11.6 Å². The predicted octanol–water partition coefficient (Wildman–Crippen LogP) is 2.46. The molecule has 0 aromatic carbocycles. The predicted molar refractivity (Wildman–Crippen MR) is 47.5 cm³/mol. The van der Waals surface area contributed by atoms with Gasteiger partial charge in [-0.1, -0.05) is 0 Å². The van der Waals surface area contributed by atoms with Gasteiger partial charge in [-0.2, -0.15) is 22.5 Å². The van der Waals surface area contributed by atoms with Crippen LogP contribution in [0.2, 0.25) is 0 Å². The summed E-state index contributed by atoms with van der Waals surface area (Å²) in [6, 6.07) is 1.30. The summed E-state index contributed by atoms with van der Waals surface area (Å²) < 4.78 is 56.3. The van der Waals surface area contributed by atoms with Crippen LogP contribution in [0, 0.1) is 30.5 Å². The summed E-state index contributed by atoms with van der Waals surface area (Å²) in [6.45, 7) is 1.61. The van der Waals surface area contributed by atoms with E-state index >= 15 is 0 Å². The fraction of sp³-hybridized carbons (Fsp3) is 0.111. The SMILES string of the molecule is Cc1cc(Oc2c(F)c(F)nc(F)c2F)n[nH]1. The highest BCUT2D eigenvalue weighted by Gasteiger charge is 2.23. The van der Waals surface area contributed by atoms with Gasteiger partial charge in [0.25, 0.3) is 11.9 Å². The molecule has 0 atom stereocenters. The molecule has 0 saturated heterocycles. The van der Waals surface area contributed by atoms with Gasteiger partial charge in [0.05, 0.1) is 0 Å². The molecule has 1 N–H and O–H groups in total. The van der Waals surface area contributed by atoms with Gasteiger partial charge in [0.15, 0.2) is 0 Å². The Balaban J connectivity index is 2.45. The van der Waals surface area contributed by atoms with Gasteiger partial charge >= 0.3 is 0 Å². The molecule has 4 nitrogen and oxygen atoms in total. The fourth-order valence-electron chi connectivity index (χ4n) is 1.11. The molecule has 2 aromatic rings. The Bertz CT molecular complexity index is 543. The quantitative estimate of drug-likeness (QED) is 0.655. The number of aromatic amines is 1. The minimum atomic E-state index is -1.79. The number of aryl methyl sites for hydroxylation is 1. The van der Waals surface area contributed by atoms with Crippen molar-refractivity contribution in [3.63, 3.8) is 0 Å². The molecule has 0 aliphatic carbocycles.